The third-order valence-electron chi connectivity index (χ3n) is 4.69. The first-order chi connectivity index (χ1) is 11.7. The minimum atomic E-state index is -0.0195. The van der Waals surface area contributed by atoms with Crippen LogP contribution in [0.5, 0.6) is 0 Å². The first kappa shape index (κ1) is 16.5. The molecule has 0 bridgehead atoms. The van der Waals surface area contributed by atoms with Crippen LogP contribution < -0.4 is 10.6 Å². The molecule has 1 saturated carbocycles. The van der Waals surface area contributed by atoms with E-state index in [1.165, 1.54) is 30.4 Å². The number of rotatable bonds is 5. The third kappa shape index (κ3) is 4.34. The Labute approximate surface area is 143 Å². The van der Waals surface area contributed by atoms with Crippen LogP contribution in [0.2, 0.25) is 0 Å². The lowest BCUT2D eigenvalue weighted by Crippen LogP contribution is -2.36. The van der Waals surface area contributed by atoms with Gasteiger partial charge in [-0.1, -0.05) is 43.5 Å². The number of amides is 1. The SMILES string of the molecule is Cc1ccccc1CNc1cncc(C(=O)NC2CCCCC2)c1. The fraction of sp³-hybridized carbons (Fsp3) is 0.400. The van der Waals surface area contributed by atoms with Crippen LogP contribution in [-0.2, 0) is 6.54 Å². The van der Waals surface area contributed by atoms with E-state index >= 15 is 0 Å². The minimum Gasteiger partial charge on any atom is -0.380 e. The third-order valence-corrected chi connectivity index (χ3v) is 4.69. The highest BCUT2D eigenvalue weighted by Gasteiger charge is 2.17. The largest absolute Gasteiger partial charge is 0.380 e. The lowest BCUT2D eigenvalue weighted by Gasteiger charge is -2.22. The smallest absolute Gasteiger partial charge is 0.253 e. The van der Waals surface area contributed by atoms with Crippen molar-refractivity contribution in [1.82, 2.24) is 10.3 Å². The van der Waals surface area contributed by atoms with Gasteiger partial charge in [0.2, 0.25) is 0 Å². The van der Waals surface area contributed by atoms with Crippen molar-refractivity contribution in [1.29, 1.82) is 0 Å². The molecule has 1 aromatic heterocycles. The van der Waals surface area contributed by atoms with Gasteiger partial charge in [0.1, 0.15) is 0 Å². The summed E-state index contributed by atoms with van der Waals surface area (Å²) in [5.41, 5.74) is 3.99. The molecule has 0 aliphatic heterocycles. The summed E-state index contributed by atoms with van der Waals surface area (Å²) in [7, 11) is 0. The van der Waals surface area contributed by atoms with E-state index < -0.39 is 0 Å². The highest BCUT2D eigenvalue weighted by Crippen LogP contribution is 2.18. The molecule has 3 rings (SSSR count). The Hall–Kier alpha value is -2.36. The van der Waals surface area contributed by atoms with Gasteiger partial charge >= 0.3 is 0 Å². The summed E-state index contributed by atoms with van der Waals surface area (Å²) < 4.78 is 0. The molecule has 1 fully saturated rings. The van der Waals surface area contributed by atoms with Gasteiger partial charge in [0.05, 0.1) is 11.3 Å². The van der Waals surface area contributed by atoms with Crippen molar-refractivity contribution in [3.63, 3.8) is 0 Å². The highest BCUT2D eigenvalue weighted by molar-refractivity contribution is 5.94. The fourth-order valence-corrected chi connectivity index (χ4v) is 3.18. The lowest BCUT2D eigenvalue weighted by molar-refractivity contribution is 0.0927. The lowest BCUT2D eigenvalue weighted by atomic mass is 9.95. The zero-order valence-corrected chi connectivity index (χ0v) is 14.2. The minimum absolute atomic E-state index is 0.0195. The summed E-state index contributed by atoms with van der Waals surface area (Å²) >= 11 is 0. The summed E-state index contributed by atoms with van der Waals surface area (Å²) in [5.74, 6) is -0.0195. The number of hydrogen-bond acceptors (Lipinski definition) is 3. The molecule has 0 radical (unpaired) electrons. The number of anilines is 1. The maximum Gasteiger partial charge on any atom is 0.253 e. The number of nitrogens with zero attached hydrogens (tertiary/aromatic N) is 1. The zero-order valence-electron chi connectivity index (χ0n) is 14.2. The molecule has 1 aliphatic carbocycles. The highest BCUT2D eigenvalue weighted by atomic mass is 16.1. The molecule has 1 aromatic carbocycles. The number of pyridine rings is 1. The normalized spacial score (nSPS) is 15.0. The van der Waals surface area contributed by atoms with Gasteiger partial charge in [-0.05, 0) is 37.0 Å². The molecule has 126 valence electrons. The first-order valence-corrected chi connectivity index (χ1v) is 8.76. The molecule has 0 atom stereocenters. The zero-order chi connectivity index (χ0) is 16.8. The van der Waals surface area contributed by atoms with Gasteiger partial charge in [-0.3, -0.25) is 9.78 Å². The molecule has 1 heterocycles. The number of benzene rings is 1. The van der Waals surface area contributed by atoms with Crippen molar-refractivity contribution in [3.8, 4) is 0 Å². The number of nitrogens with one attached hydrogen (secondary N) is 2. The Kier molecular flexibility index (Phi) is 5.47. The molecule has 4 nitrogen and oxygen atoms in total. The van der Waals surface area contributed by atoms with Crippen LogP contribution in [0.25, 0.3) is 0 Å². The molecule has 4 heteroatoms. The maximum atomic E-state index is 12.4. The molecule has 0 unspecified atom stereocenters. The Bertz CT molecular complexity index is 693. The molecule has 24 heavy (non-hydrogen) atoms. The van der Waals surface area contributed by atoms with Crippen LogP contribution in [0, 0.1) is 6.92 Å². The number of aryl methyl sites for hydroxylation is 1. The Balaban J connectivity index is 1.61. The van der Waals surface area contributed by atoms with Gasteiger partial charge in [-0.25, -0.2) is 0 Å². The predicted octanol–water partition coefficient (Wildman–Crippen LogP) is 4.06. The van der Waals surface area contributed by atoms with Crippen molar-refractivity contribution >= 4 is 11.6 Å². The van der Waals surface area contributed by atoms with Crippen molar-refractivity contribution in [2.75, 3.05) is 5.32 Å². The van der Waals surface area contributed by atoms with Gasteiger partial charge in [0.25, 0.3) is 5.91 Å². The standard InChI is InChI=1S/C20H25N3O/c1-15-7-5-6-8-16(15)13-22-19-11-17(12-21-14-19)20(24)23-18-9-3-2-4-10-18/h5-8,11-12,14,18,22H,2-4,9-10,13H2,1H3,(H,23,24). The van der Waals surface area contributed by atoms with Crippen LogP contribution in [-0.4, -0.2) is 16.9 Å². The summed E-state index contributed by atoms with van der Waals surface area (Å²) in [6.45, 7) is 2.82. The van der Waals surface area contributed by atoms with E-state index in [0.29, 0.717) is 11.6 Å². The van der Waals surface area contributed by atoms with E-state index in [4.69, 9.17) is 0 Å². The van der Waals surface area contributed by atoms with E-state index in [2.05, 4.69) is 34.7 Å². The van der Waals surface area contributed by atoms with Crippen molar-refractivity contribution in [3.05, 3.63) is 59.4 Å². The van der Waals surface area contributed by atoms with E-state index in [1.807, 2.05) is 18.2 Å². The Morgan fingerprint density at radius 1 is 1.17 bits per heavy atom. The number of carbonyl (C=O) groups is 1. The molecule has 2 N–H and O–H groups in total. The monoisotopic (exact) mass is 323 g/mol. The second kappa shape index (κ2) is 7.95. The molecular formula is C20H25N3O. The van der Waals surface area contributed by atoms with E-state index in [1.54, 1.807) is 12.4 Å². The van der Waals surface area contributed by atoms with Gasteiger partial charge in [-0.2, -0.15) is 0 Å². The van der Waals surface area contributed by atoms with Crippen molar-refractivity contribution < 1.29 is 4.79 Å². The maximum absolute atomic E-state index is 12.4. The van der Waals surface area contributed by atoms with Crippen LogP contribution in [0.4, 0.5) is 5.69 Å². The molecule has 0 spiro atoms. The molecular weight excluding hydrogens is 298 g/mol. The van der Waals surface area contributed by atoms with Crippen molar-refractivity contribution in [2.24, 2.45) is 0 Å². The molecule has 1 aliphatic rings. The van der Waals surface area contributed by atoms with Gasteiger partial charge in [0.15, 0.2) is 0 Å². The van der Waals surface area contributed by atoms with Gasteiger partial charge in [-0.15, -0.1) is 0 Å². The molecule has 2 aromatic rings. The number of hydrogen-bond donors (Lipinski definition) is 2. The Morgan fingerprint density at radius 2 is 1.96 bits per heavy atom. The molecule has 0 saturated heterocycles. The fourth-order valence-electron chi connectivity index (χ4n) is 3.18. The van der Waals surface area contributed by atoms with Crippen LogP contribution in [0.15, 0.2) is 42.7 Å². The second-order valence-corrected chi connectivity index (χ2v) is 6.55. The van der Waals surface area contributed by atoms with Crippen LogP contribution in [0.1, 0.15) is 53.6 Å². The van der Waals surface area contributed by atoms with Crippen molar-refractivity contribution in [2.45, 2.75) is 51.6 Å². The summed E-state index contributed by atoms with van der Waals surface area (Å²) in [6.07, 6.45) is 9.27. The van der Waals surface area contributed by atoms with Crippen LogP contribution in [0.3, 0.4) is 0 Å². The summed E-state index contributed by atoms with van der Waals surface area (Å²) in [5, 5.41) is 6.50. The summed E-state index contributed by atoms with van der Waals surface area (Å²) in [4.78, 5) is 16.6. The van der Waals surface area contributed by atoms with Crippen LogP contribution >= 0.6 is 0 Å². The Morgan fingerprint density at radius 3 is 2.75 bits per heavy atom. The number of aromatic nitrogens is 1. The number of carbonyl (C=O) groups excluding carboxylic acids is 1. The first-order valence-electron chi connectivity index (χ1n) is 8.76. The van der Waals surface area contributed by atoms with Gasteiger partial charge in [0, 0.05) is 25.0 Å². The van der Waals surface area contributed by atoms with E-state index in [-0.39, 0.29) is 5.91 Å². The summed E-state index contributed by atoms with van der Waals surface area (Å²) in [6, 6.07) is 10.5. The average molecular weight is 323 g/mol. The molecule has 1 amide bonds. The topological polar surface area (TPSA) is 54.0 Å². The predicted molar refractivity (Wildman–Crippen MR) is 97.1 cm³/mol. The second-order valence-electron chi connectivity index (χ2n) is 6.55. The van der Waals surface area contributed by atoms with E-state index in [9.17, 15) is 4.79 Å². The van der Waals surface area contributed by atoms with E-state index in [0.717, 1.165) is 25.1 Å². The average Bonchev–Trinajstić information content (AvgIpc) is 2.62. The van der Waals surface area contributed by atoms with Gasteiger partial charge < -0.3 is 10.6 Å². The quantitative estimate of drug-likeness (QED) is 0.872.